The Morgan fingerprint density at radius 3 is 2.74 bits per heavy atom. The number of carbonyl (C=O) groups excluding carboxylic acids is 1. The highest BCUT2D eigenvalue weighted by molar-refractivity contribution is 5.95. The quantitative estimate of drug-likeness (QED) is 0.870. The van der Waals surface area contributed by atoms with E-state index in [-0.39, 0.29) is 23.7 Å². The fraction of sp³-hybridized carbons (Fsp3) is 0.333. The number of nitrogens with zero attached hydrogens (tertiary/aromatic N) is 1. The number of rotatable bonds is 3. The number of aromatic hydroxyl groups is 1. The largest absolute Gasteiger partial charge is 0.504 e. The third-order valence-corrected chi connectivity index (χ3v) is 3.70. The normalized spacial score (nSPS) is 14.7. The van der Waals surface area contributed by atoms with Gasteiger partial charge in [0.2, 0.25) is 11.2 Å². The number of ether oxygens (including phenoxy) is 2. The molecule has 0 saturated carbocycles. The number of pyridine rings is 1. The van der Waals surface area contributed by atoms with Crippen LogP contribution < -0.4 is 5.43 Å². The van der Waals surface area contributed by atoms with Crippen molar-refractivity contribution >= 4 is 16.9 Å². The average Bonchev–Trinajstić information content (AvgIpc) is 2.45. The van der Waals surface area contributed by atoms with Gasteiger partial charge in [0.05, 0.1) is 36.8 Å². The molecule has 1 aromatic heterocycles. The molecule has 1 fully saturated rings. The van der Waals surface area contributed by atoms with E-state index in [1.807, 2.05) is 0 Å². The van der Waals surface area contributed by atoms with Gasteiger partial charge in [-0.1, -0.05) is 0 Å². The van der Waals surface area contributed by atoms with Crippen LogP contribution in [0.25, 0.3) is 10.9 Å². The van der Waals surface area contributed by atoms with Crippen molar-refractivity contribution in [1.82, 2.24) is 4.57 Å². The van der Waals surface area contributed by atoms with E-state index in [0.717, 1.165) is 6.07 Å². The predicted octanol–water partition coefficient (Wildman–Crippen LogP) is 1.73. The molecule has 1 saturated heterocycles. The Kier molecular flexibility index (Phi) is 3.77. The number of aromatic nitrogens is 1. The van der Waals surface area contributed by atoms with Crippen LogP contribution in [0, 0.1) is 11.6 Å². The molecule has 0 amide bonds. The Morgan fingerprint density at radius 1 is 1.48 bits per heavy atom. The summed E-state index contributed by atoms with van der Waals surface area (Å²) in [7, 11) is 0. The smallest absolute Gasteiger partial charge is 0.343 e. The topological polar surface area (TPSA) is 77.8 Å². The van der Waals surface area contributed by atoms with E-state index < -0.39 is 34.2 Å². The van der Waals surface area contributed by atoms with Gasteiger partial charge < -0.3 is 19.1 Å². The second-order valence-electron chi connectivity index (χ2n) is 5.11. The number of hydrogen-bond acceptors (Lipinski definition) is 5. The molecule has 0 spiro atoms. The molecular weight excluding hydrogens is 312 g/mol. The van der Waals surface area contributed by atoms with Crippen molar-refractivity contribution in [2.45, 2.75) is 13.0 Å². The zero-order valence-corrected chi connectivity index (χ0v) is 12.1. The van der Waals surface area contributed by atoms with Gasteiger partial charge in [-0.15, -0.1) is 0 Å². The number of esters is 1. The summed E-state index contributed by atoms with van der Waals surface area (Å²) in [6.07, 6.45) is 1.23. The lowest BCUT2D eigenvalue weighted by Gasteiger charge is -2.30. The Bertz CT molecular complexity index is 857. The summed E-state index contributed by atoms with van der Waals surface area (Å²) < 4.78 is 38.5. The van der Waals surface area contributed by atoms with E-state index in [4.69, 9.17) is 9.47 Å². The first kappa shape index (κ1) is 15.4. The molecule has 6 nitrogen and oxygen atoms in total. The molecule has 1 N–H and O–H groups in total. The molecule has 23 heavy (non-hydrogen) atoms. The second kappa shape index (κ2) is 5.62. The third-order valence-electron chi connectivity index (χ3n) is 3.70. The van der Waals surface area contributed by atoms with Crippen LogP contribution in [0.3, 0.4) is 0 Å². The minimum Gasteiger partial charge on any atom is -0.504 e. The summed E-state index contributed by atoms with van der Waals surface area (Å²) in [6, 6.07) is 0.564. The molecule has 2 heterocycles. The summed E-state index contributed by atoms with van der Waals surface area (Å²) in [5, 5.41) is 9.38. The summed E-state index contributed by atoms with van der Waals surface area (Å²) >= 11 is 0. The van der Waals surface area contributed by atoms with Gasteiger partial charge in [0.25, 0.3) is 0 Å². The lowest BCUT2D eigenvalue weighted by Crippen LogP contribution is -2.33. The Balaban J connectivity index is 2.37. The number of phenolic OH excluding ortho intramolecular Hbond substituents is 1. The number of phenols is 1. The number of hydrogen-bond donors (Lipinski definition) is 1. The van der Waals surface area contributed by atoms with Gasteiger partial charge in [0, 0.05) is 12.3 Å². The molecule has 1 aromatic carbocycles. The van der Waals surface area contributed by atoms with Crippen LogP contribution in [-0.2, 0) is 9.47 Å². The summed E-state index contributed by atoms with van der Waals surface area (Å²) in [6.45, 7) is 2.20. The van der Waals surface area contributed by atoms with Crippen LogP contribution in [-0.4, -0.2) is 35.5 Å². The van der Waals surface area contributed by atoms with E-state index in [0.29, 0.717) is 13.2 Å². The third kappa shape index (κ3) is 2.35. The van der Waals surface area contributed by atoms with E-state index in [2.05, 4.69) is 0 Å². The highest BCUT2D eigenvalue weighted by Crippen LogP contribution is 2.31. The zero-order valence-electron chi connectivity index (χ0n) is 12.1. The first-order valence-corrected chi connectivity index (χ1v) is 6.96. The van der Waals surface area contributed by atoms with E-state index >= 15 is 0 Å². The van der Waals surface area contributed by atoms with Gasteiger partial charge in [-0.2, -0.15) is 4.39 Å². The molecule has 0 radical (unpaired) electrons. The van der Waals surface area contributed by atoms with Gasteiger partial charge in [-0.05, 0) is 6.92 Å². The highest BCUT2D eigenvalue weighted by atomic mass is 19.2. The number of fused-ring (bicyclic) bond motifs is 1. The van der Waals surface area contributed by atoms with Gasteiger partial charge >= 0.3 is 5.97 Å². The average molecular weight is 325 g/mol. The lowest BCUT2D eigenvalue weighted by atomic mass is 10.1. The molecule has 0 aliphatic carbocycles. The predicted molar refractivity (Wildman–Crippen MR) is 75.6 cm³/mol. The summed E-state index contributed by atoms with van der Waals surface area (Å²) in [4.78, 5) is 24.4. The number of halogens is 2. The van der Waals surface area contributed by atoms with Crippen molar-refractivity contribution < 1.29 is 28.2 Å². The first-order chi connectivity index (χ1) is 11.0. The second-order valence-corrected chi connectivity index (χ2v) is 5.11. The van der Waals surface area contributed by atoms with Gasteiger partial charge in [0.1, 0.15) is 5.56 Å². The minimum absolute atomic E-state index is 0.00671. The monoisotopic (exact) mass is 325 g/mol. The van der Waals surface area contributed by atoms with Crippen molar-refractivity contribution in [1.29, 1.82) is 0 Å². The SMILES string of the molecule is CCOC(=O)c1cn(C2COC2)c2cc(F)c(F)c(O)c2c1=O. The molecule has 0 atom stereocenters. The Morgan fingerprint density at radius 2 is 2.17 bits per heavy atom. The minimum atomic E-state index is -1.54. The van der Waals surface area contributed by atoms with Gasteiger partial charge in [-0.3, -0.25) is 4.79 Å². The summed E-state index contributed by atoms with van der Waals surface area (Å²) in [5.41, 5.74) is -1.27. The molecule has 3 rings (SSSR count). The van der Waals surface area contributed by atoms with Crippen LogP contribution in [0.5, 0.6) is 5.75 Å². The molecule has 1 aliphatic heterocycles. The molecule has 122 valence electrons. The van der Waals surface area contributed by atoms with Crippen molar-refractivity contribution in [3.8, 4) is 5.75 Å². The number of carbonyl (C=O) groups is 1. The Labute approximate surface area is 128 Å². The molecular formula is C15H13F2NO5. The zero-order chi connectivity index (χ0) is 16.7. The molecule has 2 aromatic rings. The maximum Gasteiger partial charge on any atom is 0.343 e. The lowest BCUT2D eigenvalue weighted by molar-refractivity contribution is -0.0218. The van der Waals surface area contributed by atoms with Crippen LogP contribution in [0.1, 0.15) is 23.3 Å². The van der Waals surface area contributed by atoms with Crippen LogP contribution in [0.2, 0.25) is 0 Å². The molecule has 8 heteroatoms. The fourth-order valence-electron chi connectivity index (χ4n) is 2.47. The van der Waals surface area contributed by atoms with E-state index in [1.165, 1.54) is 10.8 Å². The fourth-order valence-corrected chi connectivity index (χ4v) is 2.47. The molecule has 1 aliphatic rings. The van der Waals surface area contributed by atoms with Crippen molar-refractivity contribution in [3.63, 3.8) is 0 Å². The maximum atomic E-state index is 13.6. The van der Waals surface area contributed by atoms with E-state index in [9.17, 15) is 23.5 Å². The number of benzene rings is 1. The first-order valence-electron chi connectivity index (χ1n) is 6.96. The van der Waals surface area contributed by atoms with Crippen LogP contribution >= 0.6 is 0 Å². The van der Waals surface area contributed by atoms with Crippen LogP contribution in [0.15, 0.2) is 17.1 Å². The van der Waals surface area contributed by atoms with Crippen molar-refractivity contribution in [2.24, 2.45) is 0 Å². The van der Waals surface area contributed by atoms with Crippen molar-refractivity contribution in [3.05, 3.63) is 39.7 Å². The van der Waals surface area contributed by atoms with Gasteiger partial charge in [-0.25, -0.2) is 9.18 Å². The van der Waals surface area contributed by atoms with E-state index in [1.54, 1.807) is 6.92 Å². The summed E-state index contributed by atoms with van der Waals surface area (Å²) in [5.74, 6) is -4.83. The van der Waals surface area contributed by atoms with Crippen LogP contribution in [0.4, 0.5) is 8.78 Å². The maximum absolute atomic E-state index is 13.6. The Hall–Kier alpha value is -2.48. The van der Waals surface area contributed by atoms with Crippen molar-refractivity contribution in [2.75, 3.05) is 19.8 Å². The molecule has 0 bridgehead atoms. The highest BCUT2D eigenvalue weighted by Gasteiger charge is 2.28. The standard InChI is InChI=1S/C15H13F2NO5/c1-2-23-15(21)8-4-18(7-5-22-6-7)10-3-9(16)12(17)14(20)11(10)13(8)19/h3-4,7,20H,2,5-6H2,1H3. The molecule has 0 unspecified atom stereocenters. The van der Waals surface area contributed by atoms with Gasteiger partial charge in [0.15, 0.2) is 11.6 Å².